The number of aromatic nitrogens is 2. The van der Waals surface area contributed by atoms with Gasteiger partial charge in [0.1, 0.15) is 10.5 Å². The monoisotopic (exact) mass is 191 g/mol. The fraction of sp³-hybridized carbons (Fsp3) is 0.111. The summed E-state index contributed by atoms with van der Waals surface area (Å²) >= 11 is 1.48. The first-order valence-corrected chi connectivity index (χ1v) is 4.82. The molecule has 0 saturated carbocycles. The highest BCUT2D eigenvalue weighted by Crippen LogP contribution is 2.19. The Morgan fingerprint density at radius 1 is 1.23 bits per heavy atom. The van der Waals surface area contributed by atoms with E-state index < -0.39 is 0 Å². The van der Waals surface area contributed by atoms with Crippen LogP contribution in [0.1, 0.15) is 16.6 Å². The number of nitrogens with two attached hydrogens (primary N) is 1. The average molecular weight is 191 g/mol. The number of nitrogens with zero attached hydrogens (tertiary/aromatic N) is 2. The second kappa shape index (κ2) is 3.64. The highest BCUT2D eigenvalue weighted by atomic mass is 32.1. The van der Waals surface area contributed by atoms with Gasteiger partial charge in [-0.25, -0.2) is 0 Å². The van der Waals surface area contributed by atoms with Crippen LogP contribution in [0.25, 0.3) is 0 Å². The van der Waals surface area contributed by atoms with Gasteiger partial charge in [0.25, 0.3) is 0 Å². The van der Waals surface area contributed by atoms with Gasteiger partial charge in [-0.15, -0.1) is 21.5 Å². The summed E-state index contributed by atoms with van der Waals surface area (Å²) in [6.45, 7) is 0. The number of hydrogen-bond donors (Lipinski definition) is 1. The smallest absolute Gasteiger partial charge is 0.138 e. The second-order valence-electron chi connectivity index (χ2n) is 2.67. The van der Waals surface area contributed by atoms with Crippen LogP contribution in [-0.2, 0) is 0 Å². The van der Waals surface area contributed by atoms with Gasteiger partial charge in [-0.1, -0.05) is 30.3 Å². The Labute approximate surface area is 80.2 Å². The van der Waals surface area contributed by atoms with Crippen LogP contribution < -0.4 is 5.73 Å². The van der Waals surface area contributed by atoms with Crippen molar-refractivity contribution in [3.05, 3.63) is 46.4 Å². The van der Waals surface area contributed by atoms with Gasteiger partial charge in [-0.05, 0) is 5.56 Å². The molecule has 0 radical (unpaired) electrons. The van der Waals surface area contributed by atoms with Crippen molar-refractivity contribution in [1.29, 1.82) is 0 Å². The number of rotatable bonds is 2. The molecule has 0 spiro atoms. The largest absolute Gasteiger partial charge is 0.318 e. The maximum absolute atomic E-state index is 5.97. The lowest BCUT2D eigenvalue weighted by Gasteiger charge is -2.06. The molecular formula is C9H9N3S. The van der Waals surface area contributed by atoms with E-state index in [2.05, 4.69) is 10.2 Å². The molecule has 66 valence electrons. The zero-order chi connectivity index (χ0) is 9.10. The summed E-state index contributed by atoms with van der Waals surface area (Å²) < 4.78 is 0. The lowest BCUT2D eigenvalue weighted by Crippen LogP contribution is -2.11. The predicted octanol–water partition coefficient (Wildman–Crippen LogP) is 1.59. The van der Waals surface area contributed by atoms with Gasteiger partial charge < -0.3 is 5.73 Å². The molecule has 1 atom stereocenters. The molecule has 4 heteroatoms. The standard InChI is InChI=1S/C9H9N3S/c10-8(9-12-11-6-13-9)7-4-2-1-3-5-7/h1-6,8H,10H2. The van der Waals surface area contributed by atoms with E-state index in [0.29, 0.717) is 0 Å². The zero-order valence-corrected chi connectivity index (χ0v) is 7.74. The van der Waals surface area contributed by atoms with Gasteiger partial charge in [-0.2, -0.15) is 0 Å². The molecule has 1 heterocycles. The molecule has 1 aromatic carbocycles. The van der Waals surface area contributed by atoms with E-state index in [4.69, 9.17) is 5.73 Å². The average Bonchev–Trinajstić information content (AvgIpc) is 2.71. The van der Waals surface area contributed by atoms with Crippen molar-refractivity contribution in [2.24, 2.45) is 5.73 Å². The molecule has 0 aliphatic heterocycles. The minimum Gasteiger partial charge on any atom is -0.318 e. The maximum Gasteiger partial charge on any atom is 0.138 e. The SMILES string of the molecule is NC(c1ccccc1)c1nncs1. The summed E-state index contributed by atoms with van der Waals surface area (Å²) in [7, 11) is 0. The minimum absolute atomic E-state index is 0.145. The van der Waals surface area contributed by atoms with E-state index in [-0.39, 0.29) is 6.04 Å². The Morgan fingerprint density at radius 3 is 2.62 bits per heavy atom. The molecule has 3 nitrogen and oxygen atoms in total. The van der Waals surface area contributed by atoms with Gasteiger partial charge in [0, 0.05) is 0 Å². The lowest BCUT2D eigenvalue weighted by molar-refractivity contribution is 0.830. The highest BCUT2D eigenvalue weighted by molar-refractivity contribution is 7.09. The summed E-state index contributed by atoms with van der Waals surface area (Å²) in [5.74, 6) is 0. The van der Waals surface area contributed by atoms with Crippen molar-refractivity contribution in [3.8, 4) is 0 Å². The summed E-state index contributed by atoms with van der Waals surface area (Å²) in [6.07, 6.45) is 0. The van der Waals surface area contributed by atoms with Crippen LogP contribution in [0.15, 0.2) is 35.8 Å². The summed E-state index contributed by atoms with van der Waals surface area (Å²) in [6, 6.07) is 9.75. The first kappa shape index (κ1) is 8.34. The van der Waals surface area contributed by atoms with Crippen LogP contribution >= 0.6 is 11.3 Å². The van der Waals surface area contributed by atoms with E-state index in [0.717, 1.165) is 10.6 Å². The summed E-state index contributed by atoms with van der Waals surface area (Å²) in [4.78, 5) is 0. The maximum atomic E-state index is 5.97. The molecule has 2 rings (SSSR count). The molecule has 0 fully saturated rings. The summed E-state index contributed by atoms with van der Waals surface area (Å²) in [5.41, 5.74) is 8.73. The van der Waals surface area contributed by atoms with Crippen LogP contribution in [0.3, 0.4) is 0 Å². The molecule has 0 aliphatic carbocycles. The fourth-order valence-electron chi connectivity index (χ4n) is 1.12. The Bertz CT molecular complexity index is 358. The van der Waals surface area contributed by atoms with Gasteiger partial charge in [0.2, 0.25) is 0 Å². The van der Waals surface area contributed by atoms with Crippen molar-refractivity contribution in [2.75, 3.05) is 0 Å². The van der Waals surface area contributed by atoms with Crippen LogP contribution in [0, 0.1) is 0 Å². The first-order valence-electron chi connectivity index (χ1n) is 3.94. The zero-order valence-electron chi connectivity index (χ0n) is 6.92. The van der Waals surface area contributed by atoms with Crippen molar-refractivity contribution < 1.29 is 0 Å². The molecule has 0 amide bonds. The van der Waals surface area contributed by atoms with Crippen LogP contribution in [-0.4, -0.2) is 10.2 Å². The second-order valence-corrected chi connectivity index (χ2v) is 3.53. The molecule has 2 N–H and O–H groups in total. The van der Waals surface area contributed by atoms with E-state index in [9.17, 15) is 0 Å². The molecule has 0 saturated heterocycles. The van der Waals surface area contributed by atoms with Gasteiger partial charge >= 0.3 is 0 Å². The van der Waals surface area contributed by atoms with Crippen molar-refractivity contribution >= 4 is 11.3 Å². The molecule has 2 aromatic rings. The van der Waals surface area contributed by atoms with Crippen molar-refractivity contribution in [3.63, 3.8) is 0 Å². The van der Waals surface area contributed by atoms with E-state index >= 15 is 0 Å². The van der Waals surface area contributed by atoms with Crippen molar-refractivity contribution in [1.82, 2.24) is 10.2 Å². The Kier molecular flexibility index (Phi) is 2.33. The third-order valence-electron chi connectivity index (χ3n) is 1.80. The van der Waals surface area contributed by atoms with Crippen LogP contribution in [0.2, 0.25) is 0 Å². The molecule has 13 heavy (non-hydrogen) atoms. The molecule has 0 bridgehead atoms. The number of hydrogen-bond acceptors (Lipinski definition) is 4. The van der Waals surface area contributed by atoms with Gasteiger partial charge in [0.15, 0.2) is 0 Å². The lowest BCUT2D eigenvalue weighted by atomic mass is 10.1. The first-order chi connectivity index (χ1) is 6.38. The van der Waals surface area contributed by atoms with E-state index in [1.165, 1.54) is 11.3 Å². The van der Waals surface area contributed by atoms with E-state index in [1.54, 1.807) is 5.51 Å². The summed E-state index contributed by atoms with van der Waals surface area (Å²) in [5, 5.41) is 8.55. The Balaban J connectivity index is 2.29. The highest BCUT2D eigenvalue weighted by Gasteiger charge is 2.10. The Hall–Kier alpha value is -1.26. The molecular weight excluding hydrogens is 182 g/mol. The number of benzene rings is 1. The Morgan fingerprint density at radius 2 is 2.00 bits per heavy atom. The van der Waals surface area contributed by atoms with Gasteiger partial charge in [0.05, 0.1) is 6.04 Å². The molecule has 1 aromatic heterocycles. The molecule has 1 unspecified atom stereocenters. The quantitative estimate of drug-likeness (QED) is 0.784. The third kappa shape index (κ3) is 1.74. The van der Waals surface area contributed by atoms with Crippen LogP contribution in [0.4, 0.5) is 0 Å². The molecule has 0 aliphatic rings. The van der Waals surface area contributed by atoms with Crippen LogP contribution in [0.5, 0.6) is 0 Å². The van der Waals surface area contributed by atoms with Crippen molar-refractivity contribution in [2.45, 2.75) is 6.04 Å². The minimum atomic E-state index is -0.145. The van der Waals surface area contributed by atoms with E-state index in [1.807, 2.05) is 30.3 Å². The predicted molar refractivity (Wildman–Crippen MR) is 52.4 cm³/mol. The van der Waals surface area contributed by atoms with Gasteiger partial charge in [-0.3, -0.25) is 0 Å². The normalized spacial score (nSPS) is 12.7. The topological polar surface area (TPSA) is 51.8 Å². The third-order valence-corrected chi connectivity index (χ3v) is 2.58. The fourth-order valence-corrected chi connectivity index (χ4v) is 1.70.